The van der Waals surface area contributed by atoms with E-state index >= 15 is 0 Å². The zero-order valence-electron chi connectivity index (χ0n) is 13.1. The van der Waals surface area contributed by atoms with Gasteiger partial charge < -0.3 is 14.9 Å². The summed E-state index contributed by atoms with van der Waals surface area (Å²) >= 11 is 1.15. The number of carboxylic acids is 1. The normalized spacial score (nSPS) is 12.0. The Balaban J connectivity index is 2.12. The van der Waals surface area contributed by atoms with Crippen molar-refractivity contribution >= 4 is 23.6 Å². The predicted octanol–water partition coefficient (Wildman–Crippen LogP) is 2.79. The van der Waals surface area contributed by atoms with Crippen LogP contribution in [0.25, 0.3) is 0 Å². The van der Waals surface area contributed by atoms with Gasteiger partial charge in [0.25, 0.3) is 5.91 Å². The van der Waals surface area contributed by atoms with E-state index in [1.54, 1.807) is 38.1 Å². The van der Waals surface area contributed by atoms with Gasteiger partial charge in [-0.3, -0.25) is 9.59 Å². The molecule has 1 aromatic carbocycles. The Hall–Kier alpha value is -2.28. The number of nitrogens with zero attached hydrogens (tertiary/aromatic N) is 1. The Morgan fingerprint density at radius 3 is 2.65 bits per heavy atom. The fourth-order valence-corrected chi connectivity index (χ4v) is 2.94. The highest BCUT2D eigenvalue weighted by atomic mass is 32.2. The first kappa shape index (κ1) is 17.1. The zero-order chi connectivity index (χ0) is 17.0. The van der Waals surface area contributed by atoms with Crippen LogP contribution in [0, 0.1) is 13.8 Å². The molecule has 0 aliphatic carbocycles. The molecule has 122 valence electrons. The Bertz CT molecular complexity index is 707. The predicted molar refractivity (Wildman–Crippen MR) is 86.5 cm³/mol. The summed E-state index contributed by atoms with van der Waals surface area (Å²) in [6.45, 7) is 5.51. The standard InChI is InChI=1S/C16H18N2O4S/c1-9-13(10(2)22-18-9)8-17-15(19)12-6-4-5-7-14(12)23-11(3)16(20)21/h4-7,11H,8H2,1-3H3,(H,17,19)(H,20,21)/t11-/m0/s1. The number of hydrogen-bond acceptors (Lipinski definition) is 5. The summed E-state index contributed by atoms with van der Waals surface area (Å²) in [6.07, 6.45) is 0. The van der Waals surface area contributed by atoms with Gasteiger partial charge >= 0.3 is 5.97 Å². The molecule has 7 heteroatoms. The van der Waals surface area contributed by atoms with Gasteiger partial charge in [0.05, 0.1) is 11.3 Å². The number of aromatic nitrogens is 1. The average Bonchev–Trinajstić information content (AvgIpc) is 2.84. The van der Waals surface area contributed by atoms with Crippen molar-refractivity contribution in [3.63, 3.8) is 0 Å². The molecule has 1 amide bonds. The second-order valence-corrected chi connectivity index (χ2v) is 6.46. The number of rotatable bonds is 6. The first-order valence-corrected chi connectivity index (χ1v) is 7.96. The summed E-state index contributed by atoms with van der Waals surface area (Å²) < 4.78 is 5.07. The van der Waals surface area contributed by atoms with E-state index in [-0.39, 0.29) is 5.91 Å². The average molecular weight is 334 g/mol. The van der Waals surface area contributed by atoms with Crippen LogP contribution in [0.4, 0.5) is 0 Å². The Morgan fingerprint density at radius 2 is 2.04 bits per heavy atom. The summed E-state index contributed by atoms with van der Waals surface area (Å²) in [5.74, 6) is -0.503. The molecule has 0 fully saturated rings. The van der Waals surface area contributed by atoms with Crippen LogP contribution < -0.4 is 5.32 Å². The van der Waals surface area contributed by atoms with Crippen molar-refractivity contribution in [1.29, 1.82) is 0 Å². The second-order valence-electron chi connectivity index (χ2n) is 5.08. The fraction of sp³-hybridized carbons (Fsp3) is 0.312. The minimum absolute atomic E-state index is 0.259. The van der Waals surface area contributed by atoms with Crippen LogP contribution in [0.15, 0.2) is 33.7 Å². The fourth-order valence-electron chi connectivity index (χ4n) is 2.02. The number of thioether (sulfide) groups is 1. The van der Waals surface area contributed by atoms with Crippen LogP contribution >= 0.6 is 11.8 Å². The molecule has 0 saturated heterocycles. The Kier molecular flexibility index (Phi) is 5.44. The first-order chi connectivity index (χ1) is 10.9. The molecule has 0 radical (unpaired) electrons. The second kappa shape index (κ2) is 7.32. The highest BCUT2D eigenvalue weighted by Gasteiger charge is 2.18. The van der Waals surface area contributed by atoms with Gasteiger partial charge in [0.15, 0.2) is 0 Å². The summed E-state index contributed by atoms with van der Waals surface area (Å²) in [4.78, 5) is 24.1. The maximum Gasteiger partial charge on any atom is 0.316 e. The van der Waals surface area contributed by atoms with Crippen molar-refractivity contribution in [2.75, 3.05) is 0 Å². The summed E-state index contributed by atoms with van der Waals surface area (Å²) in [5, 5.41) is 15.1. The molecule has 6 nitrogen and oxygen atoms in total. The van der Waals surface area contributed by atoms with E-state index < -0.39 is 11.2 Å². The lowest BCUT2D eigenvalue weighted by Gasteiger charge is -2.11. The van der Waals surface area contributed by atoms with Crippen LogP contribution in [0.5, 0.6) is 0 Å². The highest BCUT2D eigenvalue weighted by molar-refractivity contribution is 8.00. The van der Waals surface area contributed by atoms with Crippen molar-refractivity contribution in [3.05, 3.63) is 46.8 Å². The van der Waals surface area contributed by atoms with Crippen molar-refractivity contribution in [1.82, 2.24) is 10.5 Å². The number of nitrogens with one attached hydrogen (secondary N) is 1. The number of hydrogen-bond donors (Lipinski definition) is 2. The zero-order valence-corrected chi connectivity index (χ0v) is 13.9. The molecule has 1 heterocycles. The quantitative estimate of drug-likeness (QED) is 0.789. The van der Waals surface area contributed by atoms with Crippen LogP contribution in [-0.4, -0.2) is 27.4 Å². The number of carboxylic acid groups (broad SMARTS) is 1. The van der Waals surface area contributed by atoms with Crippen molar-refractivity contribution < 1.29 is 19.2 Å². The molecule has 2 N–H and O–H groups in total. The molecule has 2 rings (SSSR count). The molecule has 0 spiro atoms. The molecular weight excluding hydrogens is 316 g/mol. The van der Waals surface area contributed by atoms with Gasteiger partial charge in [-0.1, -0.05) is 17.3 Å². The Morgan fingerprint density at radius 1 is 1.35 bits per heavy atom. The van der Waals surface area contributed by atoms with E-state index in [4.69, 9.17) is 9.63 Å². The molecule has 2 aromatic rings. The van der Waals surface area contributed by atoms with Gasteiger partial charge in [0.2, 0.25) is 0 Å². The topological polar surface area (TPSA) is 92.4 Å². The van der Waals surface area contributed by atoms with E-state index in [9.17, 15) is 9.59 Å². The monoisotopic (exact) mass is 334 g/mol. The van der Waals surface area contributed by atoms with E-state index in [1.165, 1.54) is 0 Å². The molecule has 1 atom stereocenters. The first-order valence-electron chi connectivity index (χ1n) is 7.08. The van der Waals surface area contributed by atoms with Gasteiger partial charge in [-0.25, -0.2) is 0 Å². The number of benzene rings is 1. The summed E-state index contributed by atoms with van der Waals surface area (Å²) in [5.41, 5.74) is 2.05. The summed E-state index contributed by atoms with van der Waals surface area (Å²) in [7, 11) is 0. The van der Waals surface area contributed by atoms with Gasteiger partial charge in [0, 0.05) is 17.0 Å². The molecule has 1 aromatic heterocycles. The number of aliphatic carboxylic acids is 1. The number of carbonyl (C=O) groups is 2. The van der Waals surface area contributed by atoms with Gasteiger partial charge in [0.1, 0.15) is 11.0 Å². The minimum Gasteiger partial charge on any atom is -0.480 e. The maximum atomic E-state index is 12.4. The van der Waals surface area contributed by atoms with E-state index in [0.29, 0.717) is 22.8 Å². The summed E-state index contributed by atoms with van der Waals surface area (Å²) in [6, 6.07) is 6.96. The van der Waals surface area contributed by atoms with Crippen LogP contribution in [-0.2, 0) is 11.3 Å². The van der Waals surface area contributed by atoms with Crippen LogP contribution in [0.3, 0.4) is 0 Å². The van der Waals surface area contributed by atoms with Crippen molar-refractivity contribution in [2.45, 2.75) is 37.5 Å². The maximum absolute atomic E-state index is 12.4. The van der Waals surface area contributed by atoms with Crippen molar-refractivity contribution in [3.8, 4) is 0 Å². The molecule has 0 unspecified atom stereocenters. The Labute approximate surface area is 138 Å². The number of aryl methyl sites for hydroxylation is 2. The number of amides is 1. The molecule has 0 bridgehead atoms. The number of carbonyl (C=O) groups excluding carboxylic acids is 1. The highest BCUT2D eigenvalue weighted by Crippen LogP contribution is 2.27. The molecule has 23 heavy (non-hydrogen) atoms. The molecule has 0 aliphatic heterocycles. The third-order valence-electron chi connectivity index (χ3n) is 3.39. The largest absolute Gasteiger partial charge is 0.480 e. The minimum atomic E-state index is -0.916. The smallest absolute Gasteiger partial charge is 0.316 e. The third-order valence-corrected chi connectivity index (χ3v) is 4.56. The van der Waals surface area contributed by atoms with Gasteiger partial charge in [-0.15, -0.1) is 11.8 Å². The molecule has 0 saturated carbocycles. The lowest BCUT2D eigenvalue weighted by molar-refractivity contribution is -0.136. The SMILES string of the molecule is Cc1noc(C)c1CNC(=O)c1ccccc1S[C@@H](C)C(=O)O. The van der Waals surface area contributed by atoms with Crippen LogP contribution in [0.1, 0.15) is 34.3 Å². The molecular formula is C16H18N2O4S. The van der Waals surface area contributed by atoms with Crippen LogP contribution in [0.2, 0.25) is 0 Å². The van der Waals surface area contributed by atoms with Gasteiger partial charge in [-0.2, -0.15) is 0 Å². The lowest BCUT2D eigenvalue weighted by Crippen LogP contribution is -2.24. The van der Waals surface area contributed by atoms with E-state index in [0.717, 1.165) is 23.0 Å². The van der Waals surface area contributed by atoms with Crippen molar-refractivity contribution in [2.24, 2.45) is 0 Å². The lowest BCUT2D eigenvalue weighted by atomic mass is 10.2. The third kappa shape index (κ3) is 4.13. The van der Waals surface area contributed by atoms with E-state index in [2.05, 4.69) is 10.5 Å². The van der Waals surface area contributed by atoms with E-state index in [1.807, 2.05) is 6.92 Å². The molecule has 0 aliphatic rings. The van der Waals surface area contributed by atoms with Gasteiger partial charge in [-0.05, 0) is 32.9 Å².